The topological polar surface area (TPSA) is 94.2 Å². The number of sulfonamides is 1. The van der Waals surface area contributed by atoms with Gasteiger partial charge in [0.1, 0.15) is 5.75 Å². The first-order valence-electron chi connectivity index (χ1n) is 11.3. The van der Waals surface area contributed by atoms with E-state index in [1.807, 2.05) is 37.3 Å². The summed E-state index contributed by atoms with van der Waals surface area (Å²) in [6.45, 7) is 4.51. The summed E-state index contributed by atoms with van der Waals surface area (Å²) >= 11 is 0. The smallest absolute Gasteiger partial charge is 0.243 e. The van der Waals surface area contributed by atoms with Crippen molar-refractivity contribution in [2.45, 2.75) is 30.1 Å². The number of nitrogens with zero attached hydrogens (tertiary/aromatic N) is 1. The number of ether oxygens (including phenoxy) is 3. The van der Waals surface area contributed by atoms with Gasteiger partial charge in [0.2, 0.25) is 15.9 Å². The molecule has 0 aliphatic carbocycles. The van der Waals surface area contributed by atoms with E-state index in [-0.39, 0.29) is 10.8 Å². The fourth-order valence-corrected chi connectivity index (χ4v) is 5.79. The highest BCUT2D eigenvalue weighted by atomic mass is 32.2. The molecule has 9 heteroatoms. The molecule has 0 spiro atoms. The molecule has 0 radical (unpaired) electrons. The van der Waals surface area contributed by atoms with Gasteiger partial charge in [0.15, 0.2) is 0 Å². The van der Waals surface area contributed by atoms with Gasteiger partial charge in [0.05, 0.1) is 35.8 Å². The molecule has 178 valence electrons. The monoisotopic (exact) mass is 474 g/mol. The third-order valence-corrected chi connectivity index (χ3v) is 8.11. The van der Waals surface area contributed by atoms with E-state index in [4.69, 9.17) is 14.2 Å². The zero-order valence-electron chi connectivity index (χ0n) is 18.8. The quantitative estimate of drug-likeness (QED) is 0.663. The van der Waals surface area contributed by atoms with E-state index in [2.05, 4.69) is 5.32 Å². The van der Waals surface area contributed by atoms with Crippen LogP contribution in [0, 0.1) is 0 Å². The zero-order valence-corrected chi connectivity index (χ0v) is 19.6. The lowest BCUT2D eigenvalue weighted by Crippen LogP contribution is -2.45. The van der Waals surface area contributed by atoms with Gasteiger partial charge in [0.25, 0.3) is 0 Å². The fraction of sp³-hybridized carbons (Fsp3) is 0.458. The number of hydrogen-bond acceptors (Lipinski definition) is 6. The first kappa shape index (κ1) is 23.7. The Kier molecular flexibility index (Phi) is 7.33. The van der Waals surface area contributed by atoms with Crippen molar-refractivity contribution >= 4 is 21.6 Å². The largest absolute Gasteiger partial charge is 0.492 e. The molecule has 1 N–H and O–H groups in total. The molecule has 0 atom stereocenters. The fourth-order valence-electron chi connectivity index (χ4n) is 4.35. The van der Waals surface area contributed by atoms with Crippen LogP contribution in [0.5, 0.6) is 5.75 Å². The van der Waals surface area contributed by atoms with E-state index in [1.54, 1.807) is 6.07 Å². The summed E-state index contributed by atoms with van der Waals surface area (Å²) in [5.41, 5.74) is 0.501. The van der Waals surface area contributed by atoms with Crippen LogP contribution in [0.25, 0.3) is 0 Å². The molecule has 2 aliphatic heterocycles. The molecule has 2 aromatic rings. The summed E-state index contributed by atoms with van der Waals surface area (Å²) in [5.74, 6) is 0.237. The van der Waals surface area contributed by atoms with Crippen LogP contribution in [0.15, 0.2) is 53.4 Å². The predicted molar refractivity (Wildman–Crippen MR) is 124 cm³/mol. The molecule has 0 bridgehead atoms. The van der Waals surface area contributed by atoms with Crippen LogP contribution in [-0.2, 0) is 29.7 Å². The average molecular weight is 475 g/mol. The SMILES string of the molecule is CCOc1ccc(S(=O)(=O)N2CCOCC2)cc1NC(=O)C1(c2ccccc2)CCOCC1. The van der Waals surface area contributed by atoms with Crippen molar-refractivity contribution in [3.8, 4) is 5.75 Å². The van der Waals surface area contributed by atoms with E-state index >= 15 is 0 Å². The number of amides is 1. The molecule has 0 unspecified atom stereocenters. The average Bonchev–Trinajstić information content (AvgIpc) is 2.86. The Labute approximate surface area is 194 Å². The Balaban J connectivity index is 1.68. The maximum Gasteiger partial charge on any atom is 0.243 e. The van der Waals surface area contributed by atoms with Gasteiger partial charge in [-0.3, -0.25) is 4.79 Å². The summed E-state index contributed by atoms with van der Waals surface area (Å²) in [6.07, 6.45) is 1.08. The molecular formula is C24H30N2O6S. The van der Waals surface area contributed by atoms with Crippen molar-refractivity contribution in [1.29, 1.82) is 0 Å². The summed E-state index contributed by atoms with van der Waals surface area (Å²) in [5, 5.41) is 2.99. The van der Waals surface area contributed by atoms with E-state index < -0.39 is 15.4 Å². The van der Waals surface area contributed by atoms with Gasteiger partial charge in [-0.15, -0.1) is 0 Å². The number of rotatable bonds is 7. The molecule has 1 amide bonds. The molecule has 2 heterocycles. The van der Waals surface area contributed by atoms with Crippen LogP contribution in [-0.4, -0.2) is 64.8 Å². The molecule has 0 aromatic heterocycles. The van der Waals surface area contributed by atoms with Gasteiger partial charge < -0.3 is 19.5 Å². The summed E-state index contributed by atoms with van der Waals surface area (Å²) in [6, 6.07) is 14.3. The lowest BCUT2D eigenvalue weighted by atomic mass is 9.73. The van der Waals surface area contributed by atoms with Crippen LogP contribution in [0.4, 0.5) is 5.69 Å². The molecular weight excluding hydrogens is 444 g/mol. The molecule has 2 fully saturated rings. The molecule has 8 nitrogen and oxygen atoms in total. The van der Waals surface area contributed by atoms with Crippen molar-refractivity contribution in [1.82, 2.24) is 4.31 Å². The lowest BCUT2D eigenvalue weighted by Gasteiger charge is -2.36. The van der Waals surface area contributed by atoms with Crippen LogP contribution < -0.4 is 10.1 Å². The predicted octanol–water partition coefficient (Wildman–Crippen LogP) is 2.79. The highest BCUT2D eigenvalue weighted by Crippen LogP contribution is 2.38. The first-order chi connectivity index (χ1) is 16.0. The number of hydrogen-bond donors (Lipinski definition) is 1. The summed E-state index contributed by atoms with van der Waals surface area (Å²) in [7, 11) is -3.72. The second kappa shape index (κ2) is 10.2. The normalized spacial score (nSPS) is 19.1. The Morgan fingerprint density at radius 1 is 1.03 bits per heavy atom. The maximum absolute atomic E-state index is 13.7. The highest BCUT2D eigenvalue weighted by Gasteiger charge is 2.42. The molecule has 2 aromatic carbocycles. The molecule has 4 rings (SSSR count). The van der Waals surface area contributed by atoms with Gasteiger partial charge in [-0.1, -0.05) is 30.3 Å². The standard InChI is InChI=1S/C24H30N2O6S/c1-2-32-22-9-8-20(33(28,29)26-12-16-31-17-13-26)18-21(22)25-23(27)24(10-14-30-15-11-24)19-6-4-3-5-7-19/h3-9,18H,2,10-17H2,1H3,(H,25,27). The van der Waals surface area contributed by atoms with Crippen LogP contribution in [0.3, 0.4) is 0 Å². The Hall–Kier alpha value is -2.46. The number of morpholine rings is 1. The third-order valence-electron chi connectivity index (χ3n) is 6.21. The Bertz CT molecular complexity index is 1060. The number of nitrogens with one attached hydrogen (secondary N) is 1. The Morgan fingerprint density at radius 3 is 2.36 bits per heavy atom. The molecule has 2 aliphatic rings. The summed E-state index contributed by atoms with van der Waals surface area (Å²) < 4.78 is 44.3. The maximum atomic E-state index is 13.7. The molecule has 0 saturated carbocycles. The lowest BCUT2D eigenvalue weighted by molar-refractivity contribution is -0.125. The van der Waals surface area contributed by atoms with Crippen molar-refractivity contribution in [3.63, 3.8) is 0 Å². The molecule has 2 saturated heterocycles. The minimum Gasteiger partial charge on any atom is -0.492 e. The van der Waals surface area contributed by atoms with Crippen molar-refractivity contribution in [2.24, 2.45) is 0 Å². The van der Waals surface area contributed by atoms with E-state index in [0.29, 0.717) is 70.4 Å². The zero-order chi connectivity index (χ0) is 23.3. The van der Waals surface area contributed by atoms with Crippen molar-refractivity contribution in [2.75, 3.05) is 51.4 Å². The van der Waals surface area contributed by atoms with Gasteiger partial charge in [0, 0.05) is 26.3 Å². The highest BCUT2D eigenvalue weighted by molar-refractivity contribution is 7.89. The van der Waals surface area contributed by atoms with Gasteiger partial charge >= 0.3 is 0 Å². The van der Waals surface area contributed by atoms with Gasteiger partial charge in [-0.05, 0) is 43.5 Å². The molecule has 33 heavy (non-hydrogen) atoms. The first-order valence-corrected chi connectivity index (χ1v) is 12.7. The third kappa shape index (κ3) is 4.91. The second-order valence-electron chi connectivity index (χ2n) is 8.12. The van der Waals surface area contributed by atoms with Crippen molar-refractivity contribution in [3.05, 3.63) is 54.1 Å². The number of anilines is 1. The van der Waals surface area contributed by atoms with Crippen LogP contribution >= 0.6 is 0 Å². The van der Waals surface area contributed by atoms with Crippen LogP contribution in [0.1, 0.15) is 25.3 Å². The summed E-state index contributed by atoms with van der Waals surface area (Å²) in [4.78, 5) is 13.8. The van der Waals surface area contributed by atoms with E-state index in [9.17, 15) is 13.2 Å². The number of carbonyl (C=O) groups is 1. The number of benzene rings is 2. The van der Waals surface area contributed by atoms with E-state index in [1.165, 1.54) is 16.4 Å². The van der Waals surface area contributed by atoms with Gasteiger partial charge in [-0.2, -0.15) is 4.31 Å². The minimum atomic E-state index is -3.72. The van der Waals surface area contributed by atoms with Crippen molar-refractivity contribution < 1.29 is 27.4 Å². The second-order valence-corrected chi connectivity index (χ2v) is 10.1. The minimum absolute atomic E-state index is 0.115. The van der Waals surface area contributed by atoms with Gasteiger partial charge in [-0.25, -0.2) is 8.42 Å². The van der Waals surface area contributed by atoms with E-state index in [0.717, 1.165) is 5.56 Å². The number of carbonyl (C=O) groups excluding carboxylic acids is 1. The van der Waals surface area contributed by atoms with Crippen LogP contribution in [0.2, 0.25) is 0 Å². The Morgan fingerprint density at radius 2 is 1.70 bits per heavy atom.